The second kappa shape index (κ2) is 8.30. The molecule has 1 unspecified atom stereocenters. The number of ketones is 1. The smallest absolute Gasteiger partial charge is 0.132 e. The number of halogens is 1. The van der Waals surface area contributed by atoms with E-state index in [-0.39, 0.29) is 11.7 Å². The molecule has 1 aromatic rings. The summed E-state index contributed by atoms with van der Waals surface area (Å²) in [5.41, 5.74) is 1.12. The second-order valence-electron chi connectivity index (χ2n) is 5.08. The maximum atomic E-state index is 11.0. The van der Waals surface area contributed by atoms with Crippen molar-refractivity contribution >= 4 is 17.4 Å². The number of hydrogen-bond acceptors (Lipinski definition) is 1. The Morgan fingerprint density at radius 2 is 1.76 bits per heavy atom. The highest BCUT2D eigenvalue weighted by atomic mass is 35.5. The first-order valence-corrected chi connectivity index (χ1v) is 6.45. The van der Waals surface area contributed by atoms with Crippen LogP contribution in [0, 0.1) is 11.8 Å². The molecule has 0 amide bonds. The van der Waals surface area contributed by atoms with Gasteiger partial charge >= 0.3 is 0 Å². The quantitative estimate of drug-likeness (QED) is 0.759. The topological polar surface area (TPSA) is 17.1 Å². The molecule has 0 radical (unpaired) electrons. The van der Waals surface area contributed by atoms with E-state index < -0.39 is 0 Å². The molecule has 0 spiro atoms. The molecule has 0 N–H and O–H groups in total. The molecule has 1 rings (SSSR count). The SMILES string of the molecule is CC(=O)C(C)Cc1cccc(Cl)c1.CC(C)C. The van der Waals surface area contributed by atoms with E-state index in [1.165, 1.54) is 0 Å². The van der Waals surface area contributed by atoms with Gasteiger partial charge < -0.3 is 0 Å². The second-order valence-corrected chi connectivity index (χ2v) is 5.51. The lowest BCUT2D eigenvalue weighted by Gasteiger charge is -2.07. The van der Waals surface area contributed by atoms with Crippen LogP contribution in [-0.2, 0) is 11.2 Å². The van der Waals surface area contributed by atoms with E-state index in [0.717, 1.165) is 22.9 Å². The fourth-order valence-corrected chi connectivity index (χ4v) is 1.37. The van der Waals surface area contributed by atoms with Crippen molar-refractivity contribution in [2.75, 3.05) is 0 Å². The summed E-state index contributed by atoms with van der Waals surface area (Å²) in [6.45, 7) is 10.1. The highest BCUT2D eigenvalue weighted by Crippen LogP contribution is 2.14. The number of hydrogen-bond donors (Lipinski definition) is 0. The first-order valence-electron chi connectivity index (χ1n) is 6.07. The lowest BCUT2D eigenvalue weighted by atomic mass is 9.98. The highest BCUT2D eigenvalue weighted by Gasteiger charge is 2.08. The third kappa shape index (κ3) is 8.93. The molecule has 0 saturated carbocycles. The van der Waals surface area contributed by atoms with Crippen molar-refractivity contribution in [1.29, 1.82) is 0 Å². The average molecular weight is 255 g/mol. The van der Waals surface area contributed by atoms with Crippen LogP contribution in [0.4, 0.5) is 0 Å². The van der Waals surface area contributed by atoms with Gasteiger partial charge in [-0.05, 0) is 37.0 Å². The molecular weight excluding hydrogens is 232 g/mol. The van der Waals surface area contributed by atoms with E-state index in [1.807, 2.05) is 31.2 Å². The maximum absolute atomic E-state index is 11.0. The normalized spacial score (nSPS) is 11.7. The molecule has 1 aromatic carbocycles. The van der Waals surface area contributed by atoms with Crippen LogP contribution in [0.25, 0.3) is 0 Å². The van der Waals surface area contributed by atoms with E-state index in [1.54, 1.807) is 6.92 Å². The molecular formula is C15H23ClO. The monoisotopic (exact) mass is 254 g/mol. The molecule has 0 heterocycles. The number of benzene rings is 1. The minimum absolute atomic E-state index is 0.0819. The number of rotatable bonds is 3. The lowest BCUT2D eigenvalue weighted by molar-refractivity contribution is -0.120. The Morgan fingerprint density at radius 1 is 1.24 bits per heavy atom. The zero-order valence-electron chi connectivity index (χ0n) is 11.5. The van der Waals surface area contributed by atoms with Crippen LogP contribution in [0.15, 0.2) is 24.3 Å². The van der Waals surface area contributed by atoms with Crippen molar-refractivity contribution in [2.45, 2.75) is 41.0 Å². The van der Waals surface area contributed by atoms with Gasteiger partial charge in [-0.3, -0.25) is 4.79 Å². The minimum Gasteiger partial charge on any atom is -0.300 e. The van der Waals surface area contributed by atoms with Gasteiger partial charge in [-0.2, -0.15) is 0 Å². The summed E-state index contributed by atoms with van der Waals surface area (Å²) in [5, 5.41) is 0.730. The Balaban J connectivity index is 0.000000557. The first kappa shape index (κ1) is 16.2. The molecule has 0 aliphatic carbocycles. The third-order valence-electron chi connectivity index (χ3n) is 2.12. The molecule has 0 aliphatic heterocycles. The van der Waals surface area contributed by atoms with Crippen molar-refractivity contribution in [3.8, 4) is 0 Å². The molecule has 1 atom stereocenters. The van der Waals surface area contributed by atoms with Gasteiger partial charge in [0.15, 0.2) is 0 Å². The number of carbonyl (C=O) groups excluding carboxylic acids is 1. The van der Waals surface area contributed by atoms with Crippen LogP contribution in [-0.4, -0.2) is 5.78 Å². The zero-order chi connectivity index (χ0) is 13.4. The summed E-state index contributed by atoms with van der Waals surface area (Å²) < 4.78 is 0. The molecule has 0 aromatic heterocycles. The fraction of sp³-hybridized carbons (Fsp3) is 0.533. The van der Waals surface area contributed by atoms with Crippen molar-refractivity contribution in [2.24, 2.45) is 11.8 Å². The molecule has 17 heavy (non-hydrogen) atoms. The van der Waals surface area contributed by atoms with Gasteiger partial charge in [0.2, 0.25) is 0 Å². The summed E-state index contributed by atoms with van der Waals surface area (Å²) in [7, 11) is 0. The van der Waals surface area contributed by atoms with Gasteiger partial charge in [-0.1, -0.05) is 51.4 Å². The molecule has 96 valence electrons. The van der Waals surface area contributed by atoms with Gasteiger partial charge in [-0.15, -0.1) is 0 Å². The number of carbonyl (C=O) groups is 1. The predicted octanol–water partition coefficient (Wildman–Crippen LogP) is 4.77. The Labute approximate surface area is 110 Å². The van der Waals surface area contributed by atoms with Crippen molar-refractivity contribution in [3.63, 3.8) is 0 Å². The van der Waals surface area contributed by atoms with Crippen LogP contribution in [0.3, 0.4) is 0 Å². The van der Waals surface area contributed by atoms with Crippen LogP contribution >= 0.6 is 11.6 Å². The zero-order valence-corrected chi connectivity index (χ0v) is 12.2. The van der Waals surface area contributed by atoms with Crippen molar-refractivity contribution in [1.82, 2.24) is 0 Å². The standard InChI is InChI=1S/C11H13ClO.C4H10/c1-8(9(2)13)6-10-4-3-5-11(12)7-10;1-4(2)3/h3-5,7-8H,6H2,1-2H3;4H,1-3H3. The van der Waals surface area contributed by atoms with Gasteiger partial charge in [0.25, 0.3) is 0 Å². The van der Waals surface area contributed by atoms with Crippen molar-refractivity contribution in [3.05, 3.63) is 34.9 Å². The Hall–Kier alpha value is -0.820. The summed E-state index contributed by atoms with van der Waals surface area (Å²) in [4.78, 5) is 11.0. The van der Waals surface area contributed by atoms with E-state index in [9.17, 15) is 4.79 Å². The van der Waals surface area contributed by atoms with Crippen molar-refractivity contribution < 1.29 is 4.79 Å². The van der Waals surface area contributed by atoms with Crippen LogP contribution in [0.5, 0.6) is 0 Å². The Morgan fingerprint density at radius 3 is 2.18 bits per heavy atom. The summed E-state index contributed by atoms with van der Waals surface area (Å²) >= 11 is 5.82. The summed E-state index contributed by atoms with van der Waals surface area (Å²) in [5.74, 6) is 1.14. The molecule has 2 heteroatoms. The van der Waals surface area contributed by atoms with Crippen LogP contribution in [0.2, 0.25) is 5.02 Å². The summed E-state index contributed by atoms with van der Waals surface area (Å²) in [6, 6.07) is 7.64. The van der Waals surface area contributed by atoms with E-state index in [0.29, 0.717) is 0 Å². The van der Waals surface area contributed by atoms with Gasteiger partial charge in [0.05, 0.1) is 0 Å². The Kier molecular flexibility index (Phi) is 7.90. The highest BCUT2D eigenvalue weighted by molar-refractivity contribution is 6.30. The van der Waals surface area contributed by atoms with Gasteiger partial charge in [-0.25, -0.2) is 0 Å². The van der Waals surface area contributed by atoms with E-state index in [2.05, 4.69) is 20.8 Å². The van der Waals surface area contributed by atoms with Crippen LogP contribution in [0.1, 0.15) is 40.2 Å². The number of Topliss-reactive ketones (excluding diaryl/α,β-unsaturated/α-hetero) is 1. The minimum atomic E-state index is 0.0819. The van der Waals surface area contributed by atoms with Crippen LogP contribution < -0.4 is 0 Å². The molecule has 0 aliphatic rings. The fourth-order valence-electron chi connectivity index (χ4n) is 1.16. The summed E-state index contributed by atoms with van der Waals surface area (Å²) in [6.07, 6.45) is 0.774. The van der Waals surface area contributed by atoms with Gasteiger partial charge in [0.1, 0.15) is 5.78 Å². The maximum Gasteiger partial charge on any atom is 0.132 e. The van der Waals surface area contributed by atoms with E-state index in [4.69, 9.17) is 11.6 Å². The molecule has 0 saturated heterocycles. The first-order chi connectivity index (χ1) is 7.82. The molecule has 0 bridgehead atoms. The average Bonchev–Trinajstić information content (AvgIpc) is 2.16. The predicted molar refractivity (Wildman–Crippen MR) is 75.5 cm³/mol. The Bertz CT molecular complexity index is 342. The van der Waals surface area contributed by atoms with E-state index >= 15 is 0 Å². The molecule has 0 fully saturated rings. The van der Waals surface area contributed by atoms with Gasteiger partial charge in [0, 0.05) is 10.9 Å². The lowest BCUT2D eigenvalue weighted by Crippen LogP contribution is -2.09. The third-order valence-corrected chi connectivity index (χ3v) is 2.36. The largest absolute Gasteiger partial charge is 0.300 e. The molecule has 1 nitrogen and oxygen atoms in total.